The number of aryl methyl sites for hydroxylation is 3. The quantitative estimate of drug-likeness (QED) is 0.719. The highest BCUT2D eigenvalue weighted by Gasteiger charge is 2.22. The first-order valence-electron chi connectivity index (χ1n) is 9.85. The van der Waals surface area contributed by atoms with Crippen molar-refractivity contribution in [3.8, 4) is 5.82 Å². The second kappa shape index (κ2) is 8.10. The number of aromatic nitrogens is 4. The van der Waals surface area contributed by atoms with Crippen LogP contribution in [0.3, 0.4) is 0 Å². The van der Waals surface area contributed by atoms with Crippen molar-refractivity contribution in [3.05, 3.63) is 59.2 Å². The van der Waals surface area contributed by atoms with E-state index in [9.17, 15) is 9.18 Å². The van der Waals surface area contributed by atoms with E-state index in [1.165, 1.54) is 6.07 Å². The molecule has 0 saturated carbocycles. The van der Waals surface area contributed by atoms with Gasteiger partial charge < -0.3 is 15.1 Å². The molecular weight excluding hydrogens is 385 g/mol. The third-order valence-corrected chi connectivity index (χ3v) is 5.18. The number of benzene rings is 1. The van der Waals surface area contributed by atoms with Crippen LogP contribution in [0.25, 0.3) is 5.82 Å². The van der Waals surface area contributed by atoms with Gasteiger partial charge in [0, 0.05) is 37.6 Å². The zero-order valence-electron chi connectivity index (χ0n) is 17.3. The Labute approximate surface area is 174 Å². The Kier molecular flexibility index (Phi) is 5.35. The second-order valence-corrected chi connectivity index (χ2v) is 7.46. The Balaban J connectivity index is 1.35. The summed E-state index contributed by atoms with van der Waals surface area (Å²) >= 11 is 0. The molecule has 1 N–H and O–H groups in total. The molecule has 2 amide bonds. The number of nitrogens with one attached hydrogen (secondary N) is 1. The molecule has 8 nitrogen and oxygen atoms in total. The molecule has 1 aliphatic rings. The third-order valence-electron chi connectivity index (χ3n) is 5.18. The van der Waals surface area contributed by atoms with Crippen LogP contribution in [0.5, 0.6) is 0 Å². The van der Waals surface area contributed by atoms with Crippen LogP contribution in [-0.2, 0) is 0 Å². The van der Waals surface area contributed by atoms with Gasteiger partial charge in [-0.25, -0.2) is 13.9 Å². The lowest BCUT2D eigenvalue weighted by atomic mass is 10.2. The van der Waals surface area contributed by atoms with Crippen LogP contribution < -0.4 is 10.2 Å². The number of piperazine rings is 1. The number of halogens is 1. The molecule has 9 heteroatoms. The minimum Gasteiger partial charge on any atom is -0.352 e. The molecule has 0 aliphatic carbocycles. The van der Waals surface area contributed by atoms with E-state index in [0.29, 0.717) is 43.2 Å². The molecule has 30 heavy (non-hydrogen) atoms. The van der Waals surface area contributed by atoms with Crippen molar-refractivity contribution in [3.63, 3.8) is 0 Å². The van der Waals surface area contributed by atoms with E-state index in [1.807, 2.05) is 32.0 Å². The standard InChI is InChI=1S/C21H24FN7O/c1-14-4-5-17(13-18(14)22)23-21(30)28-10-8-27(9-11-28)19-6-7-20(25-24-19)29-16(3)12-15(2)26-29/h4-7,12-13H,8-11H2,1-3H3,(H,23,30). The van der Waals surface area contributed by atoms with E-state index in [4.69, 9.17) is 0 Å². The van der Waals surface area contributed by atoms with Crippen molar-refractivity contribution < 1.29 is 9.18 Å². The topological polar surface area (TPSA) is 79.2 Å². The van der Waals surface area contributed by atoms with Gasteiger partial charge >= 0.3 is 6.03 Å². The van der Waals surface area contributed by atoms with Crippen molar-refractivity contribution in [1.82, 2.24) is 24.9 Å². The Hall–Kier alpha value is -3.49. The van der Waals surface area contributed by atoms with Crippen LogP contribution in [0.15, 0.2) is 36.4 Å². The van der Waals surface area contributed by atoms with Crippen molar-refractivity contribution in [2.24, 2.45) is 0 Å². The molecule has 0 atom stereocenters. The highest BCUT2D eigenvalue weighted by atomic mass is 19.1. The molecular formula is C21H24FN7O. The molecule has 156 valence electrons. The summed E-state index contributed by atoms with van der Waals surface area (Å²) in [6.07, 6.45) is 0. The maximum absolute atomic E-state index is 13.7. The smallest absolute Gasteiger partial charge is 0.321 e. The van der Waals surface area contributed by atoms with Crippen LogP contribution in [0.2, 0.25) is 0 Å². The van der Waals surface area contributed by atoms with Gasteiger partial charge in [-0.2, -0.15) is 5.10 Å². The summed E-state index contributed by atoms with van der Waals surface area (Å²) in [5, 5.41) is 15.8. The Bertz CT molecular complexity index is 1060. The van der Waals surface area contributed by atoms with Crippen LogP contribution in [-0.4, -0.2) is 57.1 Å². The van der Waals surface area contributed by atoms with E-state index in [2.05, 4.69) is 25.5 Å². The third kappa shape index (κ3) is 4.10. The zero-order chi connectivity index (χ0) is 21.3. The Morgan fingerprint density at radius 2 is 1.67 bits per heavy atom. The van der Waals surface area contributed by atoms with Gasteiger partial charge in [0.2, 0.25) is 0 Å². The normalized spacial score (nSPS) is 14.1. The van der Waals surface area contributed by atoms with E-state index in [1.54, 1.807) is 28.6 Å². The fraction of sp³-hybridized carbons (Fsp3) is 0.333. The molecule has 1 fully saturated rings. The maximum Gasteiger partial charge on any atom is 0.321 e. The van der Waals surface area contributed by atoms with Crippen molar-refractivity contribution >= 4 is 17.5 Å². The number of carbonyl (C=O) groups excluding carboxylic acids is 1. The summed E-state index contributed by atoms with van der Waals surface area (Å²) in [5.41, 5.74) is 2.94. The van der Waals surface area contributed by atoms with Gasteiger partial charge in [0.15, 0.2) is 11.6 Å². The van der Waals surface area contributed by atoms with Gasteiger partial charge in [-0.1, -0.05) is 6.07 Å². The summed E-state index contributed by atoms with van der Waals surface area (Å²) in [7, 11) is 0. The lowest BCUT2D eigenvalue weighted by Crippen LogP contribution is -2.50. The van der Waals surface area contributed by atoms with Gasteiger partial charge in [0.1, 0.15) is 5.82 Å². The number of hydrogen-bond acceptors (Lipinski definition) is 5. The zero-order valence-corrected chi connectivity index (χ0v) is 17.3. The summed E-state index contributed by atoms with van der Waals surface area (Å²) in [6.45, 7) is 7.98. The van der Waals surface area contributed by atoms with Gasteiger partial charge in [0.05, 0.1) is 5.69 Å². The molecule has 1 aromatic carbocycles. The molecule has 0 spiro atoms. The average Bonchev–Trinajstić information content (AvgIpc) is 3.09. The molecule has 0 bridgehead atoms. The molecule has 1 saturated heterocycles. The van der Waals surface area contributed by atoms with Crippen molar-refractivity contribution in [2.75, 3.05) is 36.4 Å². The fourth-order valence-electron chi connectivity index (χ4n) is 3.47. The molecule has 3 heterocycles. The summed E-state index contributed by atoms with van der Waals surface area (Å²) in [6, 6.07) is 10.3. The minimum atomic E-state index is -0.333. The van der Waals surface area contributed by atoms with Crippen LogP contribution in [0.1, 0.15) is 17.0 Å². The van der Waals surface area contributed by atoms with E-state index >= 15 is 0 Å². The van der Waals surface area contributed by atoms with Gasteiger partial charge in [0.25, 0.3) is 0 Å². The minimum absolute atomic E-state index is 0.233. The first-order valence-corrected chi connectivity index (χ1v) is 9.85. The summed E-state index contributed by atoms with van der Waals surface area (Å²) in [4.78, 5) is 16.3. The highest BCUT2D eigenvalue weighted by Crippen LogP contribution is 2.17. The van der Waals surface area contributed by atoms with E-state index in [0.717, 1.165) is 17.2 Å². The SMILES string of the molecule is Cc1cc(C)n(-c2ccc(N3CCN(C(=O)Nc4ccc(C)c(F)c4)CC3)nn2)n1. The summed E-state index contributed by atoms with van der Waals surface area (Å²) in [5.74, 6) is 1.11. The molecule has 2 aromatic heterocycles. The molecule has 4 rings (SSSR count). The Morgan fingerprint density at radius 1 is 0.967 bits per heavy atom. The highest BCUT2D eigenvalue weighted by molar-refractivity contribution is 5.89. The first-order chi connectivity index (χ1) is 14.4. The maximum atomic E-state index is 13.7. The summed E-state index contributed by atoms with van der Waals surface area (Å²) < 4.78 is 15.4. The monoisotopic (exact) mass is 409 g/mol. The number of amides is 2. The van der Waals surface area contributed by atoms with E-state index in [-0.39, 0.29) is 11.8 Å². The molecule has 1 aliphatic heterocycles. The predicted molar refractivity (Wildman–Crippen MR) is 113 cm³/mol. The largest absolute Gasteiger partial charge is 0.352 e. The molecule has 0 radical (unpaired) electrons. The lowest BCUT2D eigenvalue weighted by molar-refractivity contribution is 0.208. The fourth-order valence-corrected chi connectivity index (χ4v) is 3.47. The predicted octanol–water partition coefficient (Wildman–Crippen LogP) is 3.08. The first kappa shape index (κ1) is 19.8. The number of hydrogen-bond donors (Lipinski definition) is 1. The number of anilines is 2. The number of carbonyl (C=O) groups is 1. The number of urea groups is 1. The van der Waals surface area contributed by atoms with E-state index < -0.39 is 0 Å². The van der Waals surface area contributed by atoms with Crippen molar-refractivity contribution in [1.29, 1.82) is 0 Å². The number of rotatable bonds is 3. The van der Waals surface area contributed by atoms with Gasteiger partial charge in [-0.05, 0) is 56.7 Å². The average molecular weight is 409 g/mol. The van der Waals surface area contributed by atoms with Crippen LogP contribution in [0, 0.1) is 26.6 Å². The lowest BCUT2D eigenvalue weighted by Gasteiger charge is -2.35. The van der Waals surface area contributed by atoms with Gasteiger partial charge in [-0.15, -0.1) is 10.2 Å². The van der Waals surface area contributed by atoms with Gasteiger partial charge in [-0.3, -0.25) is 0 Å². The second-order valence-electron chi connectivity index (χ2n) is 7.46. The molecule has 3 aromatic rings. The van der Waals surface area contributed by atoms with Crippen LogP contribution >= 0.6 is 0 Å². The molecule has 0 unspecified atom stereocenters. The van der Waals surface area contributed by atoms with Crippen LogP contribution in [0.4, 0.5) is 20.7 Å². The number of nitrogens with zero attached hydrogens (tertiary/aromatic N) is 6. The Morgan fingerprint density at radius 3 is 2.27 bits per heavy atom. The van der Waals surface area contributed by atoms with Crippen molar-refractivity contribution in [2.45, 2.75) is 20.8 Å².